The Bertz CT molecular complexity index is 1910. The maximum absolute atomic E-state index is 12.8. The van der Waals surface area contributed by atoms with Gasteiger partial charge in [0.2, 0.25) is 0 Å². The highest BCUT2D eigenvalue weighted by atomic mass is 16.6. The summed E-state index contributed by atoms with van der Waals surface area (Å²) < 4.78 is 9.03. The van der Waals surface area contributed by atoms with E-state index in [1.165, 1.54) is 0 Å². The predicted molar refractivity (Wildman–Crippen MR) is 162 cm³/mol. The first-order chi connectivity index (χ1) is 21.0. The Labute approximate surface area is 253 Å². The number of hydrogen-bond donors (Lipinski definition) is 2. The molecular formula is C31H32N10O3. The number of hydrogen-bond acceptors (Lipinski definition) is 10. The minimum absolute atomic E-state index is 0.188. The molecule has 4 aromatic heterocycles. The molecule has 5 heterocycles. The highest BCUT2D eigenvalue weighted by molar-refractivity contribution is 5.82. The number of pyridine rings is 1. The van der Waals surface area contributed by atoms with E-state index >= 15 is 0 Å². The van der Waals surface area contributed by atoms with E-state index in [1.54, 1.807) is 28.9 Å². The highest BCUT2D eigenvalue weighted by Gasteiger charge is 2.32. The van der Waals surface area contributed by atoms with Crippen molar-refractivity contribution in [3.05, 3.63) is 77.0 Å². The number of imidazole rings is 1. The molecular weight excluding hydrogens is 560 g/mol. The second-order valence-corrected chi connectivity index (χ2v) is 11.7. The third kappa shape index (κ3) is 5.55. The predicted octanol–water partition coefficient (Wildman–Crippen LogP) is 4.67. The molecule has 5 aromatic rings. The largest absolute Gasteiger partial charge is 0.444 e. The number of aryl methyl sites for hydroxylation is 1. The molecule has 1 amide bonds. The van der Waals surface area contributed by atoms with Crippen LogP contribution in [0.1, 0.15) is 62.0 Å². The molecule has 1 aliphatic heterocycles. The molecule has 0 saturated heterocycles. The molecule has 13 nitrogen and oxygen atoms in total. The Morgan fingerprint density at radius 2 is 1.98 bits per heavy atom. The van der Waals surface area contributed by atoms with Crippen LogP contribution in [0.2, 0.25) is 0 Å². The molecule has 1 aliphatic rings. The molecule has 13 heteroatoms. The summed E-state index contributed by atoms with van der Waals surface area (Å²) in [5.74, 6) is 1.59. The summed E-state index contributed by atoms with van der Waals surface area (Å²) in [5.41, 5.74) is 4.72. The number of ether oxygens (including phenoxy) is 1. The fourth-order valence-electron chi connectivity index (χ4n) is 5.13. The van der Waals surface area contributed by atoms with Crippen LogP contribution in [0.25, 0.3) is 22.7 Å². The number of nitrogens with zero attached hydrogens (tertiary/aromatic N) is 9. The molecule has 2 N–H and O–H groups in total. The lowest BCUT2D eigenvalue weighted by atomic mass is 10.1. The third-order valence-electron chi connectivity index (χ3n) is 7.22. The fourth-order valence-corrected chi connectivity index (χ4v) is 5.13. The fraction of sp³-hybridized carbons (Fsp3) is 0.323. The molecule has 1 atom stereocenters. The van der Waals surface area contributed by atoms with Gasteiger partial charge in [0, 0.05) is 29.8 Å². The number of anilines is 2. The van der Waals surface area contributed by atoms with Gasteiger partial charge in [0.25, 0.3) is 0 Å². The Hall–Kier alpha value is -5.35. The normalized spacial score (nSPS) is 13.8. The van der Waals surface area contributed by atoms with Crippen molar-refractivity contribution in [2.45, 2.75) is 59.3 Å². The van der Waals surface area contributed by atoms with E-state index in [4.69, 9.17) is 9.72 Å². The molecule has 0 fully saturated rings. The minimum Gasteiger partial charge on any atom is -0.444 e. The smallest absolute Gasteiger partial charge is 0.410 e. The van der Waals surface area contributed by atoms with Crippen molar-refractivity contribution >= 4 is 28.6 Å². The van der Waals surface area contributed by atoms with Crippen LogP contribution in [0.4, 0.5) is 16.3 Å². The lowest BCUT2D eigenvalue weighted by molar-refractivity contribution is 0.0223. The molecule has 6 rings (SSSR count). The molecule has 0 aliphatic carbocycles. The molecule has 0 bridgehead atoms. The van der Waals surface area contributed by atoms with E-state index in [9.17, 15) is 15.2 Å². The van der Waals surface area contributed by atoms with Crippen molar-refractivity contribution in [2.75, 3.05) is 11.9 Å². The van der Waals surface area contributed by atoms with Crippen molar-refractivity contribution in [3.8, 4) is 17.7 Å². The summed E-state index contributed by atoms with van der Waals surface area (Å²) in [5, 5.41) is 36.7. The average Bonchev–Trinajstić information content (AvgIpc) is 3.58. The van der Waals surface area contributed by atoms with Crippen LogP contribution in [0.3, 0.4) is 0 Å². The second-order valence-electron chi connectivity index (χ2n) is 11.7. The minimum atomic E-state index is -0.850. The zero-order chi connectivity index (χ0) is 31.2. The summed E-state index contributed by atoms with van der Waals surface area (Å²) in [6.07, 6.45) is 0.828. The topological polar surface area (TPSA) is 160 Å². The standard InChI is InChI=1S/C31H32N10O3/c1-18-6-10-27(37-36-18)34-20-7-9-26-23(14-20)33-17-40(26)28-11-8-21(19(2)42)29(35-28)41-25-12-13-39(30(43)44-31(3,4)5)16-22(25)24(15-32)38-41/h6-11,14,17,19,42H,12-13,16H2,1-5H3,(H,34,37). The van der Waals surface area contributed by atoms with Crippen LogP contribution in [-0.4, -0.2) is 62.8 Å². The van der Waals surface area contributed by atoms with Gasteiger partial charge in [-0.15, -0.1) is 5.10 Å². The van der Waals surface area contributed by atoms with Gasteiger partial charge in [-0.2, -0.15) is 15.5 Å². The van der Waals surface area contributed by atoms with E-state index in [1.807, 2.05) is 68.7 Å². The van der Waals surface area contributed by atoms with E-state index in [0.29, 0.717) is 41.5 Å². The van der Waals surface area contributed by atoms with Gasteiger partial charge >= 0.3 is 6.09 Å². The SMILES string of the molecule is Cc1ccc(Nc2ccc3c(c2)ncn3-c2ccc(C(C)O)c(-n3nc(C#N)c4c3CCN(C(=O)OC(C)(C)C)C4)n2)nn1. The number of amides is 1. The van der Waals surface area contributed by atoms with Crippen molar-refractivity contribution in [1.82, 2.24) is 39.4 Å². The third-order valence-corrected chi connectivity index (χ3v) is 7.22. The van der Waals surface area contributed by atoms with Crippen molar-refractivity contribution in [3.63, 3.8) is 0 Å². The molecule has 1 unspecified atom stereocenters. The summed E-state index contributed by atoms with van der Waals surface area (Å²) >= 11 is 0. The van der Waals surface area contributed by atoms with Crippen LogP contribution in [0, 0.1) is 18.3 Å². The van der Waals surface area contributed by atoms with Crippen molar-refractivity contribution in [1.29, 1.82) is 5.26 Å². The Balaban J connectivity index is 1.36. The maximum atomic E-state index is 12.8. The first kappa shape index (κ1) is 28.8. The molecule has 1 aromatic carbocycles. The Morgan fingerprint density at radius 1 is 1.16 bits per heavy atom. The number of aromatic nitrogens is 7. The summed E-state index contributed by atoms with van der Waals surface area (Å²) in [7, 11) is 0. The Kier molecular flexibility index (Phi) is 7.22. The molecule has 224 valence electrons. The van der Waals surface area contributed by atoms with E-state index in [0.717, 1.165) is 28.1 Å². The monoisotopic (exact) mass is 592 g/mol. The zero-order valence-electron chi connectivity index (χ0n) is 25.1. The van der Waals surface area contributed by atoms with Gasteiger partial charge in [0.15, 0.2) is 17.3 Å². The van der Waals surface area contributed by atoms with Gasteiger partial charge in [-0.3, -0.25) is 4.57 Å². The summed E-state index contributed by atoms with van der Waals surface area (Å²) in [6.45, 7) is 9.56. The van der Waals surface area contributed by atoms with Crippen LogP contribution >= 0.6 is 0 Å². The molecule has 44 heavy (non-hydrogen) atoms. The number of fused-ring (bicyclic) bond motifs is 2. The number of rotatable bonds is 5. The quantitative estimate of drug-likeness (QED) is 0.294. The Morgan fingerprint density at radius 3 is 2.68 bits per heavy atom. The van der Waals surface area contributed by atoms with Gasteiger partial charge in [-0.1, -0.05) is 0 Å². The lowest BCUT2D eigenvalue weighted by Gasteiger charge is -2.30. The summed E-state index contributed by atoms with van der Waals surface area (Å²) in [4.78, 5) is 23.9. The first-order valence-electron chi connectivity index (χ1n) is 14.2. The number of carbonyl (C=O) groups is 1. The van der Waals surface area contributed by atoms with Gasteiger partial charge < -0.3 is 20.1 Å². The van der Waals surface area contributed by atoms with Gasteiger partial charge in [-0.25, -0.2) is 19.4 Å². The van der Waals surface area contributed by atoms with E-state index < -0.39 is 17.8 Å². The van der Waals surface area contributed by atoms with Crippen molar-refractivity contribution < 1.29 is 14.6 Å². The number of benzene rings is 1. The maximum Gasteiger partial charge on any atom is 0.410 e. The van der Waals surface area contributed by atoms with Gasteiger partial charge in [0.05, 0.1) is 35.1 Å². The zero-order valence-corrected chi connectivity index (χ0v) is 25.1. The van der Waals surface area contributed by atoms with Crippen LogP contribution in [0.5, 0.6) is 0 Å². The van der Waals surface area contributed by atoms with E-state index in [2.05, 4.69) is 31.7 Å². The molecule has 0 spiro atoms. The number of nitriles is 1. The van der Waals surface area contributed by atoms with Crippen LogP contribution in [0.15, 0.2) is 48.8 Å². The number of carbonyl (C=O) groups excluding carboxylic acids is 1. The van der Waals surface area contributed by atoms with Crippen molar-refractivity contribution in [2.24, 2.45) is 0 Å². The van der Waals surface area contributed by atoms with Gasteiger partial charge in [-0.05, 0) is 77.1 Å². The molecule has 0 saturated carbocycles. The van der Waals surface area contributed by atoms with Gasteiger partial charge in [0.1, 0.15) is 23.8 Å². The number of aliphatic hydroxyl groups is 1. The number of aliphatic hydroxyl groups excluding tert-OH is 1. The first-order valence-corrected chi connectivity index (χ1v) is 14.2. The highest BCUT2D eigenvalue weighted by Crippen LogP contribution is 2.30. The van der Waals surface area contributed by atoms with Crippen LogP contribution in [-0.2, 0) is 17.7 Å². The van der Waals surface area contributed by atoms with Crippen LogP contribution < -0.4 is 5.32 Å². The second kappa shape index (κ2) is 11.1. The average molecular weight is 593 g/mol. The number of nitrogens with one attached hydrogen (secondary N) is 1. The molecule has 0 radical (unpaired) electrons. The van der Waals surface area contributed by atoms with E-state index in [-0.39, 0.29) is 12.2 Å². The lowest BCUT2D eigenvalue weighted by Crippen LogP contribution is -2.40. The summed E-state index contributed by atoms with van der Waals surface area (Å²) in [6, 6.07) is 15.3.